The standard InChI is InChI=1S/C10H14N2O/c1-3-4-5-6-7-8-10(12-11)9(2)13/h3,6-7H,1,4-5,8H2,2H3. The van der Waals surface area contributed by atoms with E-state index in [0.29, 0.717) is 6.42 Å². The molecule has 0 aliphatic heterocycles. The normalized spacial score (nSPS) is 9.62. The predicted molar refractivity (Wildman–Crippen MR) is 52.5 cm³/mol. The van der Waals surface area contributed by atoms with Gasteiger partial charge in [0.05, 0.1) is 6.42 Å². The number of hydrogen-bond donors (Lipinski definition) is 0. The van der Waals surface area contributed by atoms with Crippen LogP contribution in [0, 0.1) is 0 Å². The van der Waals surface area contributed by atoms with Gasteiger partial charge in [-0.15, -0.1) is 6.58 Å². The molecule has 70 valence electrons. The first-order valence-corrected chi connectivity index (χ1v) is 4.20. The average molecular weight is 178 g/mol. The van der Waals surface area contributed by atoms with Crippen LogP contribution in [0.4, 0.5) is 0 Å². The van der Waals surface area contributed by atoms with Crippen LogP contribution in [-0.4, -0.2) is 16.3 Å². The fourth-order valence-corrected chi connectivity index (χ4v) is 0.782. The van der Waals surface area contributed by atoms with Crippen molar-refractivity contribution in [1.82, 2.24) is 0 Å². The number of allylic oxidation sites excluding steroid dienone is 3. The molecule has 0 bridgehead atoms. The molecule has 0 spiro atoms. The molecule has 0 saturated heterocycles. The molecule has 0 aromatic carbocycles. The lowest BCUT2D eigenvalue weighted by Gasteiger charge is -1.85. The summed E-state index contributed by atoms with van der Waals surface area (Å²) in [5.41, 5.74) is 8.61. The Kier molecular flexibility index (Phi) is 6.38. The third-order valence-corrected chi connectivity index (χ3v) is 1.54. The van der Waals surface area contributed by atoms with Crippen molar-refractivity contribution < 1.29 is 9.58 Å². The number of nitrogens with zero attached hydrogens (tertiary/aromatic N) is 2. The summed E-state index contributed by atoms with van der Waals surface area (Å²) in [6.07, 6.45) is 7.80. The smallest absolute Gasteiger partial charge is 0.337 e. The topological polar surface area (TPSA) is 53.5 Å². The van der Waals surface area contributed by atoms with Crippen LogP contribution in [0.3, 0.4) is 0 Å². The molecule has 3 heteroatoms. The van der Waals surface area contributed by atoms with Crippen molar-refractivity contribution in [2.45, 2.75) is 26.2 Å². The van der Waals surface area contributed by atoms with E-state index in [9.17, 15) is 4.79 Å². The summed E-state index contributed by atoms with van der Waals surface area (Å²) in [5, 5.41) is 0. The van der Waals surface area contributed by atoms with E-state index < -0.39 is 0 Å². The van der Waals surface area contributed by atoms with Gasteiger partial charge in [0.2, 0.25) is 5.78 Å². The van der Waals surface area contributed by atoms with Gasteiger partial charge in [-0.1, -0.05) is 18.2 Å². The predicted octanol–water partition coefficient (Wildman–Crippen LogP) is 2.16. The summed E-state index contributed by atoms with van der Waals surface area (Å²) >= 11 is 0. The first kappa shape index (κ1) is 11.5. The second kappa shape index (κ2) is 7.19. The Bertz CT molecular complexity index is 260. The molecule has 0 saturated carbocycles. The highest BCUT2D eigenvalue weighted by atomic mass is 16.1. The first-order valence-electron chi connectivity index (χ1n) is 4.20. The maximum atomic E-state index is 10.8. The molecule has 0 rings (SSSR count). The van der Waals surface area contributed by atoms with Crippen LogP contribution in [0.5, 0.6) is 0 Å². The van der Waals surface area contributed by atoms with E-state index in [1.54, 1.807) is 0 Å². The van der Waals surface area contributed by atoms with Gasteiger partial charge >= 0.3 is 5.71 Å². The molecule has 0 atom stereocenters. The van der Waals surface area contributed by atoms with Gasteiger partial charge in [-0.25, -0.2) is 0 Å². The first-order chi connectivity index (χ1) is 6.22. The zero-order chi connectivity index (χ0) is 10.1. The van der Waals surface area contributed by atoms with Gasteiger partial charge in [0.1, 0.15) is 0 Å². The quantitative estimate of drug-likeness (QED) is 0.202. The largest absolute Gasteiger partial charge is 0.361 e. The van der Waals surface area contributed by atoms with Crippen molar-refractivity contribution in [3.05, 3.63) is 30.3 Å². The minimum Gasteiger partial charge on any atom is -0.361 e. The van der Waals surface area contributed by atoms with E-state index in [0.717, 1.165) is 12.8 Å². The van der Waals surface area contributed by atoms with Crippen LogP contribution in [0.1, 0.15) is 26.2 Å². The fraction of sp³-hybridized carbons (Fsp3) is 0.400. The lowest BCUT2D eigenvalue weighted by molar-refractivity contribution is -0.115. The number of carbonyl (C=O) groups is 1. The highest BCUT2D eigenvalue weighted by molar-refractivity contribution is 6.36. The number of ketones is 1. The van der Waals surface area contributed by atoms with Crippen molar-refractivity contribution in [3.8, 4) is 0 Å². The molecule has 0 aromatic rings. The maximum Gasteiger partial charge on any atom is 0.337 e. The van der Waals surface area contributed by atoms with Crippen molar-refractivity contribution in [2.24, 2.45) is 0 Å². The summed E-state index contributed by atoms with van der Waals surface area (Å²) in [6.45, 7) is 4.97. The fourth-order valence-electron chi connectivity index (χ4n) is 0.782. The molecule has 0 N–H and O–H groups in total. The zero-order valence-corrected chi connectivity index (χ0v) is 7.86. The highest BCUT2D eigenvalue weighted by Gasteiger charge is 2.10. The minimum absolute atomic E-state index is 0.190. The Labute approximate surface area is 78.4 Å². The zero-order valence-electron chi connectivity index (χ0n) is 7.86. The maximum absolute atomic E-state index is 10.8. The Hall–Kier alpha value is -1.47. The van der Waals surface area contributed by atoms with Gasteiger partial charge in [0.15, 0.2) is 0 Å². The van der Waals surface area contributed by atoms with Gasteiger partial charge < -0.3 is 5.53 Å². The van der Waals surface area contributed by atoms with Crippen LogP contribution in [0.2, 0.25) is 0 Å². The molecule has 3 nitrogen and oxygen atoms in total. The monoisotopic (exact) mass is 178 g/mol. The number of hydrogen-bond acceptors (Lipinski definition) is 1. The highest BCUT2D eigenvalue weighted by Crippen LogP contribution is 1.94. The van der Waals surface area contributed by atoms with Gasteiger partial charge in [0, 0.05) is 6.92 Å². The molecular formula is C10H14N2O. The van der Waals surface area contributed by atoms with Gasteiger partial charge in [-0.2, -0.15) is 4.79 Å². The molecular weight excluding hydrogens is 164 g/mol. The molecule has 13 heavy (non-hydrogen) atoms. The number of carbonyl (C=O) groups excluding carboxylic acids is 1. The molecule has 0 fully saturated rings. The third kappa shape index (κ3) is 5.76. The Morgan fingerprint density at radius 3 is 2.62 bits per heavy atom. The van der Waals surface area contributed by atoms with Gasteiger partial charge in [0.25, 0.3) is 0 Å². The lowest BCUT2D eigenvalue weighted by atomic mass is 10.2. The van der Waals surface area contributed by atoms with Crippen molar-refractivity contribution in [3.63, 3.8) is 0 Å². The second-order valence-electron chi connectivity index (χ2n) is 2.64. The Balaban J connectivity index is 3.86. The summed E-state index contributed by atoms with van der Waals surface area (Å²) in [6, 6.07) is 0. The van der Waals surface area contributed by atoms with Crippen LogP contribution in [-0.2, 0) is 4.79 Å². The minimum atomic E-state index is -0.198. The molecule has 0 aromatic heterocycles. The lowest BCUT2D eigenvalue weighted by Crippen LogP contribution is -2.09. The van der Waals surface area contributed by atoms with Crippen LogP contribution >= 0.6 is 0 Å². The summed E-state index contributed by atoms with van der Waals surface area (Å²) < 4.78 is 0. The number of unbranched alkanes of at least 4 members (excludes halogenated alkanes) is 1. The van der Waals surface area contributed by atoms with E-state index in [4.69, 9.17) is 5.53 Å². The van der Waals surface area contributed by atoms with Crippen molar-refractivity contribution >= 4 is 11.5 Å². The van der Waals surface area contributed by atoms with E-state index in [2.05, 4.69) is 11.4 Å². The van der Waals surface area contributed by atoms with Crippen LogP contribution in [0.25, 0.3) is 5.53 Å². The summed E-state index contributed by atoms with van der Waals surface area (Å²) in [7, 11) is 0. The van der Waals surface area contributed by atoms with Gasteiger partial charge in [-0.3, -0.25) is 4.79 Å². The second-order valence-corrected chi connectivity index (χ2v) is 2.64. The molecule has 0 amide bonds. The van der Waals surface area contributed by atoms with E-state index in [-0.39, 0.29) is 11.5 Å². The SMILES string of the molecule is C=CCCC=CCC(=[N+]=[N-])C(C)=O. The molecule has 0 unspecified atom stereocenters. The molecule has 0 radical (unpaired) electrons. The van der Waals surface area contributed by atoms with E-state index >= 15 is 0 Å². The molecule has 0 aliphatic rings. The molecule has 0 aliphatic carbocycles. The third-order valence-electron chi connectivity index (χ3n) is 1.54. The summed E-state index contributed by atoms with van der Waals surface area (Å²) in [5.74, 6) is -0.198. The van der Waals surface area contributed by atoms with E-state index in [1.165, 1.54) is 6.92 Å². The van der Waals surface area contributed by atoms with Crippen LogP contribution < -0.4 is 0 Å². The number of rotatable bonds is 6. The van der Waals surface area contributed by atoms with Crippen LogP contribution in [0.15, 0.2) is 24.8 Å². The van der Waals surface area contributed by atoms with E-state index in [1.807, 2.05) is 18.2 Å². The van der Waals surface area contributed by atoms with Crippen molar-refractivity contribution in [1.29, 1.82) is 0 Å². The Morgan fingerprint density at radius 2 is 2.15 bits per heavy atom. The van der Waals surface area contributed by atoms with Gasteiger partial charge in [-0.05, 0) is 12.8 Å². The van der Waals surface area contributed by atoms with Crippen molar-refractivity contribution in [2.75, 3.05) is 0 Å². The summed E-state index contributed by atoms with van der Waals surface area (Å²) in [4.78, 5) is 13.7. The Morgan fingerprint density at radius 1 is 1.46 bits per heavy atom. The number of Topliss-reactive ketones (excluding diaryl/α,β-unsaturated/α-hetero) is 1. The average Bonchev–Trinajstić information content (AvgIpc) is 2.10. The molecule has 0 heterocycles.